The Morgan fingerprint density at radius 1 is 1.17 bits per heavy atom. The zero-order chi connectivity index (χ0) is 13.0. The van der Waals surface area contributed by atoms with Crippen LogP contribution in [0.4, 0.5) is 0 Å². The standard InChI is InChI=1S/C16H19NO/c1-13-11-16(12-18)14(2)17(13)10-6-9-15-7-4-3-5-8-15/h3-5,7-8,11-12H,6,9-10H2,1-2H3. The van der Waals surface area contributed by atoms with Crippen molar-refractivity contribution in [2.75, 3.05) is 0 Å². The van der Waals surface area contributed by atoms with Gasteiger partial charge in [0.25, 0.3) is 0 Å². The second kappa shape index (κ2) is 5.67. The van der Waals surface area contributed by atoms with Gasteiger partial charge in [-0.15, -0.1) is 0 Å². The van der Waals surface area contributed by atoms with E-state index in [-0.39, 0.29) is 0 Å². The molecule has 0 atom stereocenters. The number of nitrogens with zero attached hydrogens (tertiary/aromatic N) is 1. The quantitative estimate of drug-likeness (QED) is 0.734. The van der Waals surface area contributed by atoms with Crippen molar-refractivity contribution in [3.63, 3.8) is 0 Å². The first kappa shape index (κ1) is 12.6. The average molecular weight is 241 g/mol. The van der Waals surface area contributed by atoms with Gasteiger partial charge in [-0.05, 0) is 38.3 Å². The van der Waals surface area contributed by atoms with E-state index in [1.54, 1.807) is 0 Å². The van der Waals surface area contributed by atoms with Crippen molar-refractivity contribution >= 4 is 6.29 Å². The Morgan fingerprint density at radius 3 is 2.50 bits per heavy atom. The molecule has 0 radical (unpaired) electrons. The summed E-state index contributed by atoms with van der Waals surface area (Å²) >= 11 is 0. The number of carbonyl (C=O) groups is 1. The summed E-state index contributed by atoms with van der Waals surface area (Å²) in [4.78, 5) is 10.9. The van der Waals surface area contributed by atoms with Crippen molar-refractivity contribution < 1.29 is 4.79 Å². The second-order valence-corrected chi connectivity index (χ2v) is 4.69. The van der Waals surface area contributed by atoms with Crippen LogP contribution in [0.1, 0.15) is 33.7 Å². The van der Waals surface area contributed by atoms with Crippen LogP contribution in [-0.2, 0) is 13.0 Å². The largest absolute Gasteiger partial charge is 0.348 e. The summed E-state index contributed by atoms with van der Waals surface area (Å²) in [6.07, 6.45) is 3.11. The molecule has 2 rings (SSSR count). The summed E-state index contributed by atoms with van der Waals surface area (Å²) in [6.45, 7) is 5.04. The molecule has 1 heterocycles. The highest BCUT2D eigenvalue weighted by atomic mass is 16.1. The molecule has 94 valence electrons. The first-order chi connectivity index (χ1) is 8.72. The van der Waals surface area contributed by atoms with Crippen molar-refractivity contribution in [2.24, 2.45) is 0 Å². The van der Waals surface area contributed by atoms with Crippen LogP contribution in [0.15, 0.2) is 36.4 Å². The molecule has 0 spiro atoms. The van der Waals surface area contributed by atoms with E-state index in [0.717, 1.165) is 36.9 Å². The van der Waals surface area contributed by atoms with Gasteiger partial charge in [-0.3, -0.25) is 4.79 Å². The van der Waals surface area contributed by atoms with Crippen LogP contribution in [0.5, 0.6) is 0 Å². The highest BCUT2D eigenvalue weighted by Crippen LogP contribution is 2.14. The predicted molar refractivity (Wildman–Crippen MR) is 74.1 cm³/mol. The molecule has 0 saturated carbocycles. The fraction of sp³-hybridized carbons (Fsp3) is 0.312. The van der Waals surface area contributed by atoms with Crippen LogP contribution >= 0.6 is 0 Å². The minimum absolute atomic E-state index is 0.812. The van der Waals surface area contributed by atoms with Gasteiger partial charge in [-0.25, -0.2) is 0 Å². The molecule has 1 aromatic heterocycles. The maximum Gasteiger partial charge on any atom is 0.151 e. The zero-order valence-electron chi connectivity index (χ0n) is 11.0. The topological polar surface area (TPSA) is 22.0 Å². The van der Waals surface area contributed by atoms with Crippen LogP contribution < -0.4 is 0 Å². The van der Waals surface area contributed by atoms with Crippen molar-refractivity contribution in [3.8, 4) is 0 Å². The molecule has 2 aromatic rings. The highest BCUT2D eigenvalue weighted by molar-refractivity contribution is 5.77. The normalized spacial score (nSPS) is 10.6. The number of aryl methyl sites for hydroxylation is 2. The van der Waals surface area contributed by atoms with Crippen molar-refractivity contribution in [2.45, 2.75) is 33.2 Å². The van der Waals surface area contributed by atoms with E-state index in [1.807, 2.05) is 19.1 Å². The molecule has 0 aliphatic rings. The maximum absolute atomic E-state index is 10.9. The Balaban J connectivity index is 1.99. The van der Waals surface area contributed by atoms with Crippen molar-refractivity contribution in [3.05, 3.63) is 58.9 Å². The van der Waals surface area contributed by atoms with Crippen LogP contribution in [-0.4, -0.2) is 10.9 Å². The number of aromatic nitrogens is 1. The number of benzene rings is 1. The van der Waals surface area contributed by atoms with E-state index in [2.05, 4.69) is 35.8 Å². The minimum Gasteiger partial charge on any atom is -0.348 e. The molecule has 0 aliphatic carbocycles. The fourth-order valence-corrected chi connectivity index (χ4v) is 2.38. The monoisotopic (exact) mass is 241 g/mol. The summed E-state index contributed by atoms with van der Waals surface area (Å²) in [5, 5.41) is 0. The molecule has 0 aliphatic heterocycles. The zero-order valence-corrected chi connectivity index (χ0v) is 11.0. The van der Waals surface area contributed by atoms with Gasteiger partial charge >= 0.3 is 0 Å². The van der Waals surface area contributed by atoms with Gasteiger partial charge in [-0.1, -0.05) is 30.3 Å². The lowest BCUT2D eigenvalue weighted by Gasteiger charge is -2.09. The van der Waals surface area contributed by atoms with Gasteiger partial charge in [-0.2, -0.15) is 0 Å². The summed E-state index contributed by atoms with van der Waals surface area (Å²) in [6, 6.07) is 12.5. The molecular formula is C16H19NO. The molecule has 0 fully saturated rings. The third kappa shape index (κ3) is 2.70. The summed E-state index contributed by atoms with van der Waals surface area (Å²) in [7, 11) is 0. The SMILES string of the molecule is Cc1cc(C=O)c(C)n1CCCc1ccccc1. The van der Waals surface area contributed by atoms with Crippen LogP contribution in [0.2, 0.25) is 0 Å². The molecule has 18 heavy (non-hydrogen) atoms. The lowest BCUT2D eigenvalue weighted by atomic mass is 10.1. The number of carbonyl (C=O) groups excluding carboxylic acids is 1. The van der Waals surface area contributed by atoms with Gasteiger partial charge < -0.3 is 4.57 Å². The Morgan fingerprint density at radius 2 is 1.89 bits per heavy atom. The highest BCUT2D eigenvalue weighted by Gasteiger charge is 2.07. The lowest BCUT2D eigenvalue weighted by molar-refractivity contribution is 0.112. The molecule has 1 aromatic carbocycles. The third-order valence-corrected chi connectivity index (χ3v) is 3.43. The second-order valence-electron chi connectivity index (χ2n) is 4.69. The Kier molecular flexibility index (Phi) is 3.98. The lowest BCUT2D eigenvalue weighted by Crippen LogP contribution is -2.04. The van der Waals surface area contributed by atoms with E-state index >= 15 is 0 Å². The molecular weight excluding hydrogens is 222 g/mol. The van der Waals surface area contributed by atoms with E-state index < -0.39 is 0 Å². The van der Waals surface area contributed by atoms with Gasteiger partial charge in [0.1, 0.15) is 0 Å². The van der Waals surface area contributed by atoms with E-state index in [1.165, 1.54) is 11.3 Å². The Bertz CT molecular complexity index is 526. The number of hydrogen-bond donors (Lipinski definition) is 0. The van der Waals surface area contributed by atoms with Crippen LogP contribution in [0.25, 0.3) is 0 Å². The van der Waals surface area contributed by atoms with Gasteiger partial charge in [0.05, 0.1) is 0 Å². The van der Waals surface area contributed by atoms with Crippen LogP contribution in [0, 0.1) is 13.8 Å². The molecule has 0 unspecified atom stereocenters. The fourth-order valence-electron chi connectivity index (χ4n) is 2.38. The van der Waals surface area contributed by atoms with Gasteiger partial charge in [0.15, 0.2) is 6.29 Å². The van der Waals surface area contributed by atoms with Gasteiger partial charge in [0, 0.05) is 23.5 Å². The van der Waals surface area contributed by atoms with Gasteiger partial charge in [0.2, 0.25) is 0 Å². The molecule has 0 N–H and O–H groups in total. The molecule has 0 saturated heterocycles. The van der Waals surface area contributed by atoms with E-state index in [4.69, 9.17) is 0 Å². The number of rotatable bonds is 5. The van der Waals surface area contributed by atoms with E-state index in [9.17, 15) is 4.79 Å². The predicted octanol–water partition coefficient (Wildman–Crippen LogP) is 3.55. The van der Waals surface area contributed by atoms with Crippen molar-refractivity contribution in [1.29, 1.82) is 0 Å². The van der Waals surface area contributed by atoms with E-state index in [0.29, 0.717) is 0 Å². The summed E-state index contributed by atoms with van der Waals surface area (Å²) in [5.41, 5.74) is 4.43. The third-order valence-electron chi connectivity index (χ3n) is 3.43. The molecule has 2 heteroatoms. The Labute approximate surface area is 108 Å². The summed E-state index contributed by atoms with van der Waals surface area (Å²) in [5.74, 6) is 0. The molecule has 2 nitrogen and oxygen atoms in total. The average Bonchev–Trinajstić information content (AvgIpc) is 2.67. The molecule has 0 amide bonds. The van der Waals surface area contributed by atoms with Crippen molar-refractivity contribution in [1.82, 2.24) is 4.57 Å². The number of hydrogen-bond acceptors (Lipinski definition) is 1. The summed E-state index contributed by atoms with van der Waals surface area (Å²) < 4.78 is 2.23. The smallest absolute Gasteiger partial charge is 0.151 e. The first-order valence-corrected chi connectivity index (χ1v) is 6.38. The van der Waals surface area contributed by atoms with Crippen LogP contribution in [0.3, 0.4) is 0 Å². The first-order valence-electron chi connectivity index (χ1n) is 6.38. The maximum atomic E-state index is 10.9. The number of aldehydes is 1. The Hall–Kier alpha value is -1.83. The minimum atomic E-state index is 0.812. The molecule has 0 bridgehead atoms.